The first-order valence-corrected chi connectivity index (χ1v) is 6.77. The van der Waals surface area contributed by atoms with Gasteiger partial charge in [-0.2, -0.15) is 0 Å². The summed E-state index contributed by atoms with van der Waals surface area (Å²) < 4.78 is 0. The second-order valence-electron chi connectivity index (χ2n) is 5.44. The van der Waals surface area contributed by atoms with Gasteiger partial charge in [-0.1, -0.05) is 31.0 Å². The molecular weight excluding hydrogens is 222 g/mol. The number of anilines is 1. The summed E-state index contributed by atoms with van der Waals surface area (Å²) in [5, 5.41) is 3.14. The maximum atomic E-state index is 5.91. The summed E-state index contributed by atoms with van der Waals surface area (Å²) in [5.74, 6) is 0.529. The maximum absolute atomic E-state index is 5.91. The van der Waals surface area contributed by atoms with E-state index in [1.54, 1.807) is 0 Å². The van der Waals surface area contributed by atoms with E-state index in [1.807, 2.05) is 12.1 Å². The zero-order valence-corrected chi connectivity index (χ0v) is 11.4. The van der Waals surface area contributed by atoms with E-state index in [0.717, 1.165) is 12.2 Å². The Hall–Kier alpha value is -1.51. The lowest BCUT2D eigenvalue weighted by molar-refractivity contribution is 0.473. The van der Waals surface area contributed by atoms with Crippen molar-refractivity contribution in [2.75, 3.05) is 11.9 Å². The Morgan fingerprint density at radius 1 is 1.33 bits per heavy atom. The van der Waals surface area contributed by atoms with Gasteiger partial charge in [-0.3, -0.25) is 4.99 Å². The summed E-state index contributed by atoms with van der Waals surface area (Å²) in [6, 6.07) is 8.18. The average Bonchev–Trinajstić information content (AvgIpc) is 3.11. The molecule has 2 rings (SSSR count). The number of nitrogens with one attached hydrogen (secondary N) is 1. The molecule has 0 heterocycles. The molecule has 0 aromatic heterocycles. The van der Waals surface area contributed by atoms with Gasteiger partial charge < -0.3 is 11.1 Å². The molecule has 3 N–H and O–H groups in total. The van der Waals surface area contributed by atoms with Gasteiger partial charge in [0.05, 0.1) is 0 Å². The number of aryl methyl sites for hydroxylation is 1. The van der Waals surface area contributed by atoms with E-state index in [0.29, 0.717) is 11.4 Å². The Balaban J connectivity index is 1.87. The van der Waals surface area contributed by atoms with Crippen LogP contribution in [0.5, 0.6) is 0 Å². The van der Waals surface area contributed by atoms with Crippen LogP contribution in [0.4, 0.5) is 5.69 Å². The molecule has 0 aliphatic heterocycles. The number of guanidine groups is 1. The molecule has 1 aromatic rings. The topological polar surface area (TPSA) is 50.4 Å². The van der Waals surface area contributed by atoms with Gasteiger partial charge in [0.1, 0.15) is 0 Å². The fraction of sp³-hybridized carbons (Fsp3) is 0.533. The lowest BCUT2D eigenvalue weighted by Gasteiger charge is -2.11. The summed E-state index contributed by atoms with van der Waals surface area (Å²) in [6.07, 6.45) is 5.12. The number of hydrogen-bond acceptors (Lipinski definition) is 1. The molecule has 1 aliphatic carbocycles. The van der Waals surface area contributed by atoms with Crippen molar-refractivity contribution in [1.29, 1.82) is 0 Å². The summed E-state index contributed by atoms with van der Waals surface area (Å²) in [4.78, 5) is 4.48. The van der Waals surface area contributed by atoms with E-state index in [9.17, 15) is 0 Å². The van der Waals surface area contributed by atoms with Crippen LogP contribution in [-0.2, 0) is 0 Å². The van der Waals surface area contributed by atoms with Crippen molar-refractivity contribution < 1.29 is 0 Å². The third kappa shape index (κ3) is 3.49. The molecule has 0 radical (unpaired) electrons. The minimum Gasteiger partial charge on any atom is -0.370 e. The SMILES string of the molecule is CCCC1(CN=C(N)Nc2ccc(C)cc2)CC1. The first-order valence-electron chi connectivity index (χ1n) is 6.77. The van der Waals surface area contributed by atoms with Crippen LogP contribution in [0, 0.1) is 12.3 Å². The molecular formula is C15H23N3. The van der Waals surface area contributed by atoms with Gasteiger partial charge in [0.25, 0.3) is 0 Å². The quantitative estimate of drug-likeness (QED) is 0.617. The summed E-state index contributed by atoms with van der Waals surface area (Å²) in [7, 11) is 0. The number of benzene rings is 1. The highest BCUT2D eigenvalue weighted by atomic mass is 15.1. The summed E-state index contributed by atoms with van der Waals surface area (Å²) in [6.45, 7) is 5.17. The monoisotopic (exact) mass is 245 g/mol. The molecule has 3 nitrogen and oxygen atoms in total. The van der Waals surface area contributed by atoms with Gasteiger partial charge in [-0.05, 0) is 43.7 Å². The van der Waals surface area contributed by atoms with Gasteiger partial charge in [-0.25, -0.2) is 0 Å². The first-order chi connectivity index (χ1) is 8.63. The van der Waals surface area contributed by atoms with Crippen LogP contribution in [0.3, 0.4) is 0 Å². The molecule has 0 amide bonds. The standard InChI is InChI=1S/C15H23N3/c1-3-8-15(9-10-15)11-17-14(16)18-13-6-4-12(2)5-7-13/h4-7H,3,8-11H2,1-2H3,(H3,16,17,18). The molecule has 1 saturated carbocycles. The van der Waals surface area contributed by atoms with E-state index >= 15 is 0 Å². The lowest BCUT2D eigenvalue weighted by atomic mass is 10.0. The average molecular weight is 245 g/mol. The highest BCUT2D eigenvalue weighted by molar-refractivity contribution is 5.92. The maximum Gasteiger partial charge on any atom is 0.193 e. The predicted octanol–water partition coefficient (Wildman–Crippen LogP) is 3.30. The van der Waals surface area contributed by atoms with Gasteiger partial charge in [0.15, 0.2) is 5.96 Å². The van der Waals surface area contributed by atoms with Crippen molar-refractivity contribution in [2.45, 2.75) is 39.5 Å². The summed E-state index contributed by atoms with van der Waals surface area (Å²) in [5.41, 5.74) is 8.63. The molecule has 98 valence electrons. The van der Waals surface area contributed by atoms with Gasteiger partial charge in [0, 0.05) is 12.2 Å². The van der Waals surface area contributed by atoms with E-state index in [4.69, 9.17) is 5.73 Å². The van der Waals surface area contributed by atoms with Gasteiger partial charge in [-0.15, -0.1) is 0 Å². The molecule has 18 heavy (non-hydrogen) atoms. The second kappa shape index (κ2) is 5.42. The Kier molecular flexibility index (Phi) is 3.90. The smallest absolute Gasteiger partial charge is 0.193 e. The number of aliphatic imine (C=N–C) groups is 1. The normalized spacial score (nSPS) is 17.6. The molecule has 1 aliphatic rings. The van der Waals surface area contributed by atoms with E-state index in [2.05, 4.69) is 36.3 Å². The lowest BCUT2D eigenvalue weighted by Crippen LogP contribution is -2.24. The van der Waals surface area contributed by atoms with Crippen LogP contribution in [0.15, 0.2) is 29.3 Å². The van der Waals surface area contributed by atoms with Gasteiger partial charge >= 0.3 is 0 Å². The first kappa shape index (κ1) is 12.9. The van der Waals surface area contributed by atoms with Crippen molar-refractivity contribution in [3.05, 3.63) is 29.8 Å². The van der Waals surface area contributed by atoms with Crippen LogP contribution < -0.4 is 11.1 Å². The zero-order chi connectivity index (χ0) is 13.0. The largest absolute Gasteiger partial charge is 0.370 e. The fourth-order valence-electron chi connectivity index (χ4n) is 2.27. The number of nitrogens with zero attached hydrogens (tertiary/aromatic N) is 1. The van der Waals surface area contributed by atoms with Gasteiger partial charge in [0.2, 0.25) is 0 Å². The summed E-state index contributed by atoms with van der Waals surface area (Å²) >= 11 is 0. The van der Waals surface area contributed by atoms with Crippen molar-refractivity contribution in [3.63, 3.8) is 0 Å². The molecule has 0 saturated heterocycles. The number of rotatable bonds is 5. The number of hydrogen-bond donors (Lipinski definition) is 2. The van der Waals surface area contributed by atoms with Crippen LogP contribution in [0.2, 0.25) is 0 Å². The van der Waals surface area contributed by atoms with Crippen LogP contribution >= 0.6 is 0 Å². The Morgan fingerprint density at radius 2 is 2.00 bits per heavy atom. The van der Waals surface area contributed by atoms with E-state index in [-0.39, 0.29) is 0 Å². The molecule has 0 atom stereocenters. The third-order valence-corrected chi connectivity index (χ3v) is 3.65. The van der Waals surface area contributed by atoms with Crippen LogP contribution in [-0.4, -0.2) is 12.5 Å². The highest BCUT2D eigenvalue weighted by Gasteiger charge is 2.41. The van der Waals surface area contributed by atoms with E-state index < -0.39 is 0 Å². The minimum absolute atomic E-state index is 0.467. The van der Waals surface area contributed by atoms with E-state index in [1.165, 1.54) is 31.2 Å². The Bertz CT molecular complexity index is 416. The van der Waals surface area contributed by atoms with Crippen molar-refractivity contribution in [2.24, 2.45) is 16.1 Å². The predicted molar refractivity (Wildman–Crippen MR) is 77.9 cm³/mol. The Morgan fingerprint density at radius 3 is 2.56 bits per heavy atom. The fourth-order valence-corrected chi connectivity index (χ4v) is 2.27. The van der Waals surface area contributed by atoms with Crippen molar-refractivity contribution in [3.8, 4) is 0 Å². The molecule has 0 unspecified atom stereocenters. The van der Waals surface area contributed by atoms with Crippen molar-refractivity contribution in [1.82, 2.24) is 0 Å². The van der Waals surface area contributed by atoms with Crippen LogP contribution in [0.25, 0.3) is 0 Å². The molecule has 1 aromatic carbocycles. The second-order valence-corrected chi connectivity index (χ2v) is 5.44. The van der Waals surface area contributed by atoms with Crippen LogP contribution in [0.1, 0.15) is 38.2 Å². The molecule has 0 spiro atoms. The Labute approximate surface area is 109 Å². The molecule has 3 heteroatoms. The van der Waals surface area contributed by atoms with Crippen molar-refractivity contribution >= 4 is 11.6 Å². The zero-order valence-electron chi connectivity index (χ0n) is 11.4. The molecule has 1 fully saturated rings. The minimum atomic E-state index is 0.467. The number of nitrogens with two attached hydrogens (primary N) is 1. The third-order valence-electron chi connectivity index (χ3n) is 3.65. The highest BCUT2D eigenvalue weighted by Crippen LogP contribution is 2.49. The molecule has 0 bridgehead atoms.